The van der Waals surface area contributed by atoms with Crippen LogP contribution in [-0.2, 0) is 14.8 Å². The highest BCUT2D eigenvalue weighted by Gasteiger charge is 2.21. The molecule has 11 heteroatoms. The van der Waals surface area contributed by atoms with Gasteiger partial charge in [-0.3, -0.25) is 4.72 Å². The van der Waals surface area contributed by atoms with Crippen molar-refractivity contribution < 1.29 is 17.9 Å². The Kier molecular flexibility index (Phi) is 4.73. The quantitative estimate of drug-likeness (QED) is 0.659. The van der Waals surface area contributed by atoms with E-state index in [1.807, 2.05) is 6.07 Å². The molecular formula is C16H12ClN5O4S. The summed E-state index contributed by atoms with van der Waals surface area (Å²) in [6.07, 6.45) is 1.29. The standard InChI is InChI=1S/C16H12ClN5O4S/c1-9-5-14(22-15(20-9)10(7-18)8-19-22)21-27(24,25)11-3-4-13(17)12(6-11)16(23)26-2/h3-6,8,21H,1-2H3. The molecule has 0 aliphatic rings. The molecule has 138 valence electrons. The third kappa shape index (κ3) is 3.42. The number of methoxy groups -OCH3 is 1. The topological polar surface area (TPSA) is 126 Å². The van der Waals surface area contributed by atoms with Gasteiger partial charge in [-0.25, -0.2) is 18.2 Å². The number of ether oxygens (including phenoxy) is 1. The molecule has 0 spiro atoms. The molecule has 1 aromatic carbocycles. The van der Waals surface area contributed by atoms with Crippen molar-refractivity contribution in [2.24, 2.45) is 0 Å². The number of sulfonamides is 1. The lowest BCUT2D eigenvalue weighted by Crippen LogP contribution is -2.17. The Labute approximate surface area is 159 Å². The third-order valence-electron chi connectivity index (χ3n) is 3.61. The Morgan fingerprint density at radius 2 is 2.11 bits per heavy atom. The number of aromatic nitrogens is 3. The second-order valence-electron chi connectivity index (χ2n) is 5.43. The summed E-state index contributed by atoms with van der Waals surface area (Å²) in [4.78, 5) is 15.8. The predicted molar refractivity (Wildman–Crippen MR) is 96.0 cm³/mol. The summed E-state index contributed by atoms with van der Waals surface area (Å²) >= 11 is 5.93. The van der Waals surface area contributed by atoms with Crippen LogP contribution in [0.4, 0.5) is 5.82 Å². The van der Waals surface area contributed by atoms with Crippen LogP contribution in [0.15, 0.2) is 35.4 Å². The van der Waals surface area contributed by atoms with Crippen LogP contribution >= 0.6 is 11.6 Å². The molecule has 27 heavy (non-hydrogen) atoms. The number of carbonyl (C=O) groups is 1. The lowest BCUT2D eigenvalue weighted by Gasteiger charge is -2.11. The van der Waals surface area contributed by atoms with Crippen molar-refractivity contribution in [1.29, 1.82) is 5.26 Å². The number of halogens is 1. The molecule has 1 N–H and O–H groups in total. The average molecular weight is 406 g/mol. The lowest BCUT2D eigenvalue weighted by atomic mass is 10.2. The van der Waals surface area contributed by atoms with Crippen LogP contribution in [0.3, 0.4) is 0 Å². The Morgan fingerprint density at radius 3 is 2.78 bits per heavy atom. The van der Waals surface area contributed by atoms with Crippen molar-refractivity contribution in [2.75, 3.05) is 11.8 Å². The van der Waals surface area contributed by atoms with Crippen molar-refractivity contribution in [3.05, 3.63) is 52.3 Å². The number of rotatable bonds is 4. The highest BCUT2D eigenvalue weighted by molar-refractivity contribution is 7.92. The van der Waals surface area contributed by atoms with Crippen LogP contribution in [-0.4, -0.2) is 36.1 Å². The number of carbonyl (C=O) groups excluding carboxylic acids is 1. The number of aryl methyl sites for hydroxylation is 1. The SMILES string of the molecule is COC(=O)c1cc(S(=O)(=O)Nc2cc(C)nc3c(C#N)cnn23)ccc1Cl. The maximum absolute atomic E-state index is 12.8. The van der Waals surface area contributed by atoms with Crippen LogP contribution in [0.5, 0.6) is 0 Å². The molecule has 0 aliphatic carbocycles. The highest BCUT2D eigenvalue weighted by Crippen LogP contribution is 2.24. The van der Waals surface area contributed by atoms with Gasteiger partial charge in [0.1, 0.15) is 17.5 Å². The molecule has 0 radical (unpaired) electrons. The molecule has 0 fully saturated rings. The van der Waals surface area contributed by atoms with Gasteiger partial charge < -0.3 is 4.74 Å². The Balaban J connectivity index is 2.08. The average Bonchev–Trinajstić information content (AvgIpc) is 3.04. The van der Waals surface area contributed by atoms with Crippen molar-refractivity contribution in [2.45, 2.75) is 11.8 Å². The molecule has 2 aromatic heterocycles. The fourth-order valence-corrected chi connectivity index (χ4v) is 3.62. The van der Waals surface area contributed by atoms with Gasteiger partial charge in [0.25, 0.3) is 10.0 Å². The van der Waals surface area contributed by atoms with Gasteiger partial charge in [-0.2, -0.15) is 14.9 Å². The number of hydrogen-bond acceptors (Lipinski definition) is 7. The molecule has 0 amide bonds. The first-order chi connectivity index (χ1) is 12.8. The fourth-order valence-electron chi connectivity index (χ4n) is 2.37. The minimum absolute atomic E-state index is 0.0636. The predicted octanol–water partition coefficient (Wildman–Crippen LogP) is 2.15. The van der Waals surface area contributed by atoms with Crippen LogP contribution in [0.1, 0.15) is 21.6 Å². The molecule has 0 aliphatic heterocycles. The molecular weight excluding hydrogens is 394 g/mol. The number of nitrogens with zero attached hydrogens (tertiary/aromatic N) is 4. The summed E-state index contributed by atoms with van der Waals surface area (Å²) in [5.41, 5.74) is 0.840. The summed E-state index contributed by atoms with van der Waals surface area (Å²) in [5.74, 6) is -0.668. The van der Waals surface area contributed by atoms with Gasteiger partial charge in [0.15, 0.2) is 5.65 Å². The van der Waals surface area contributed by atoms with E-state index in [0.29, 0.717) is 5.69 Å². The van der Waals surface area contributed by atoms with E-state index in [0.717, 1.165) is 6.07 Å². The largest absolute Gasteiger partial charge is 0.465 e. The zero-order chi connectivity index (χ0) is 19.8. The van der Waals surface area contributed by atoms with Gasteiger partial charge in [0.2, 0.25) is 0 Å². The molecule has 0 saturated heterocycles. The molecule has 0 saturated carbocycles. The van der Waals surface area contributed by atoms with Gasteiger partial charge >= 0.3 is 5.97 Å². The van der Waals surface area contributed by atoms with Crippen molar-refractivity contribution >= 4 is 39.1 Å². The van der Waals surface area contributed by atoms with Crippen molar-refractivity contribution in [1.82, 2.24) is 14.6 Å². The second kappa shape index (κ2) is 6.86. The minimum atomic E-state index is -4.09. The third-order valence-corrected chi connectivity index (χ3v) is 5.29. The summed E-state index contributed by atoms with van der Waals surface area (Å²) in [6, 6.07) is 7.07. The summed E-state index contributed by atoms with van der Waals surface area (Å²) in [5, 5.41) is 13.2. The Morgan fingerprint density at radius 1 is 1.37 bits per heavy atom. The number of nitriles is 1. The zero-order valence-corrected chi connectivity index (χ0v) is 15.7. The summed E-state index contributed by atoms with van der Waals surface area (Å²) in [7, 11) is -2.92. The van der Waals surface area contributed by atoms with Crippen LogP contribution in [0.2, 0.25) is 5.02 Å². The molecule has 3 rings (SSSR count). The van der Waals surface area contributed by atoms with E-state index in [1.165, 1.54) is 36.0 Å². The van der Waals surface area contributed by atoms with E-state index in [4.69, 9.17) is 16.9 Å². The smallest absolute Gasteiger partial charge is 0.339 e. The van der Waals surface area contributed by atoms with Gasteiger partial charge in [0.05, 0.1) is 28.8 Å². The number of esters is 1. The van der Waals surface area contributed by atoms with Gasteiger partial charge in [-0.15, -0.1) is 0 Å². The highest BCUT2D eigenvalue weighted by atomic mass is 35.5. The maximum Gasteiger partial charge on any atom is 0.339 e. The second-order valence-corrected chi connectivity index (χ2v) is 7.52. The van der Waals surface area contributed by atoms with Crippen molar-refractivity contribution in [3.63, 3.8) is 0 Å². The number of nitrogens with one attached hydrogen (secondary N) is 1. The normalized spacial score (nSPS) is 11.2. The van der Waals surface area contributed by atoms with Gasteiger partial charge in [-0.05, 0) is 25.1 Å². The summed E-state index contributed by atoms with van der Waals surface area (Å²) in [6.45, 7) is 1.66. The first kappa shape index (κ1) is 18.6. The molecule has 9 nitrogen and oxygen atoms in total. The molecule has 3 aromatic rings. The number of fused-ring (bicyclic) bond motifs is 1. The minimum Gasteiger partial charge on any atom is -0.465 e. The molecule has 0 bridgehead atoms. The van der Waals surface area contributed by atoms with E-state index < -0.39 is 16.0 Å². The van der Waals surface area contributed by atoms with E-state index in [9.17, 15) is 13.2 Å². The van der Waals surface area contributed by atoms with E-state index >= 15 is 0 Å². The monoisotopic (exact) mass is 405 g/mol. The Hall–Kier alpha value is -3.16. The molecule has 0 atom stereocenters. The Bertz CT molecular complexity index is 1210. The van der Waals surface area contributed by atoms with E-state index in [1.54, 1.807) is 6.92 Å². The van der Waals surface area contributed by atoms with Crippen molar-refractivity contribution in [3.8, 4) is 6.07 Å². The number of anilines is 1. The van der Waals surface area contributed by atoms with E-state index in [-0.39, 0.29) is 32.5 Å². The van der Waals surface area contributed by atoms with Crippen LogP contribution in [0.25, 0.3) is 5.65 Å². The molecule has 0 unspecified atom stereocenters. The first-order valence-corrected chi connectivity index (χ1v) is 9.29. The lowest BCUT2D eigenvalue weighted by molar-refractivity contribution is 0.0600. The molecule has 2 heterocycles. The number of benzene rings is 1. The van der Waals surface area contributed by atoms with Gasteiger partial charge in [0, 0.05) is 11.8 Å². The van der Waals surface area contributed by atoms with E-state index in [2.05, 4.69) is 19.5 Å². The summed E-state index contributed by atoms with van der Waals surface area (Å²) < 4.78 is 33.7. The van der Waals surface area contributed by atoms with Crippen LogP contribution < -0.4 is 4.72 Å². The first-order valence-electron chi connectivity index (χ1n) is 7.43. The van der Waals surface area contributed by atoms with Crippen LogP contribution in [0, 0.1) is 18.3 Å². The van der Waals surface area contributed by atoms with Gasteiger partial charge in [-0.1, -0.05) is 11.6 Å². The zero-order valence-electron chi connectivity index (χ0n) is 14.1. The fraction of sp³-hybridized carbons (Fsp3) is 0.125. The maximum atomic E-state index is 12.8. The number of hydrogen-bond donors (Lipinski definition) is 1.